The molecule has 108 valence electrons. The summed E-state index contributed by atoms with van der Waals surface area (Å²) >= 11 is 0. The molecule has 2 rings (SSSR count). The predicted octanol–water partition coefficient (Wildman–Crippen LogP) is 2.49. The van der Waals surface area contributed by atoms with E-state index in [4.69, 9.17) is 4.74 Å². The van der Waals surface area contributed by atoms with E-state index in [0.29, 0.717) is 12.1 Å². The van der Waals surface area contributed by atoms with Crippen LogP contribution in [0.25, 0.3) is 0 Å². The van der Waals surface area contributed by atoms with E-state index in [-0.39, 0.29) is 17.9 Å². The van der Waals surface area contributed by atoms with Gasteiger partial charge in [0.2, 0.25) is 0 Å². The minimum atomic E-state index is -0.685. The Morgan fingerprint density at radius 3 is 2.50 bits per heavy atom. The first-order chi connectivity index (χ1) is 9.48. The number of nitrogens with zero attached hydrogens (tertiary/aromatic N) is 1. The minimum Gasteiger partial charge on any atom is -0.469 e. The monoisotopic (exact) mass is 275 g/mol. The average molecular weight is 275 g/mol. The molecule has 1 aliphatic heterocycles. The van der Waals surface area contributed by atoms with Crippen molar-refractivity contribution in [2.24, 2.45) is 5.41 Å². The molecule has 1 aromatic carbocycles. The first kappa shape index (κ1) is 14.6. The van der Waals surface area contributed by atoms with Gasteiger partial charge in [-0.25, -0.2) is 0 Å². The number of carbonyl (C=O) groups excluding carboxylic acids is 2. The van der Waals surface area contributed by atoms with Gasteiger partial charge in [0.25, 0.3) is 5.91 Å². The molecule has 1 unspecified atom stereocenters. The number of likely N-dealkylation sites (tertiary alicyclic amines) is 1. The SMILES string of the molecule is COC(=O)C(C)(C)C1CCCN1C(=O)c1ccccc1. The summed E-state index contributed by atoms with van der Waals surface area (Å²) in [5.41, 5.74) is -0.0181. The van der Waals surface area contributed by atoms with Gasteiger partial charge in [0.1, 0.15) is 0 Å². The predicted molar refractivity (Wildman–Crippen MR) is 76.3 cm³/mol. The molecule has 20 heavy (non-hydrogen) atoms. The smallest absolute Gasteiger partial charge is 0.313 e. The summed E-state index contributed by atoms with van der Waals surface area (Å²) in [6.07, 6.45) is 1.75. The zero-order valence-electron chi connectivity index (χ0n) is 12.3. The Hall–Kier alpha value is -1.84. The first-order valence-electron chi connectivity index (χ1n) is 6.93. The number of methoxy groups -OCH3 is 1. The van der Waals surface area contributed by atoms with E-state index in [0.717, 1.165) is 12.8 Å². The van der Waals surface area contributed by atoms with Crippen LogP contribution in [0.5, 0.6) is 0 Å². The highest BCUT2D eigenvalue weighted by molar-refractivity contribution is 5.95. The lowest BCUT2D eigenvalue weighted by Crippen LogP contribution is -2.48. The van der Waals surface area contributed by atoms with Crippen molar-refractivity contribution < 1.29 is 14.3 Å². The number of ether oxygens (including phenoxy) is 1. The molecule has 4 nitrogen and oxygen atoms in total. The number of hydrogen-bond acceptors (Lipinski definition) is 3. The summed E-state index contributed by atoms with van der Waals surface area (Å²) < 4.78 is 4.88. The molecule has 1 amide bonds. The lowest BCUT2D eigenvalue weighted by atomic mass is 9.82. The van der Waals surface area contributed by atoms with Gasteiger partial charge in [-0.2, -0.15) is 0 Å². The third-order valence-corrected chi connectivity index (χ3v) is 4.08. The summed E-state index contributed by atoms with van der Waals surface area (Å²) in [4.78, 5) is 26.4. The fraction of sp³-hybridized carbons (Fsp3) is 0.500. The zero-order valence-corrected chi connectivity index (χ0v) is 12.3. The maximum atomic E-state index is 12.6. The lowest BCUT2D eigenvalue weighted by Gasteiger charge is -2.35. The average Bonchev–Trinajstić information content (AvgIpc) is 2.96. The lowest BCUT2D eigenvalue weighted by molar-refractivity contribution is -0.153. The van der Waals surface area contributed by atoms with Crippen molar-refractivity contribution >= 4 is 11.9 Å². The summed E-state index contributed by atoms with van der Waals surface area (Å²) in [6.45, 7) is 4.39. The molecular formula is C16H21NO3. The third-order valence-electron chi connectivity index (χ3n) is 4.08. The summed E-state index contributed by atoms with van der Waals surface area (Å²) in [7, 11) is 1.39. The summed E-state index contributed by atoms with van der Waals surface area (Å²) in [6, 6.07) is 9.10. The van der Waals surface area contributed by atoms with E-state index in [9.17, 15) is 9.59 Å². The molecule has 1 fully saturated rings. The van der Waals surface area contributed by atoms with Crippen LogP contribution >= 0.6 is 0 Å². The van der Waals surface area contributed by atoms with E-state index in [1.807, 2.05) is 49.1 Å². The quantitative estimate of drug-likeness (QED) is 0.796. The molecule has 0 bridgehead atoms. The number of rotatable bonds is 3. The van der Waals surface area contributed by atoms with Crippen molar-refractivity contribution in [3.63, 3.8) is 0 Å². The highest BCUT2D eigenvalue weighted by atomic mass is 16.5. The molecule has 1 atom stereocenters. The maximum absolute atomic E-state index is 12.6. The zero-order chi connectivity index (χ0) is 14.8. The highest BCUT2D eigenvalue weighted by Crippen LogP contribution is 2.35. The highest BCUT2D eigenvalue weighted by Gasteiger charge is 2.45. The van der Waals surface area contributed by atoms with Crippen molar-refractivity contribution in [2.75, 3.05) is 13.7 Å². The van der Waals surface area contributed by atoms with Crippen molar-refractivity contribution in [1.29, 1.82) is 0 Å². The van der Waals surface area contributed by atoms with Gasteiger partial charge in [-0.1, -0.05) is 18.2 Å². The van der Waals surface area contributed by atoms with Crippen LogP contribution < -0.4 is 0 Å². The second kappa shape index (κ2) is 5.65. The Morgan fingerprint density at radius 1 is 1.25 bits per heavy atom. The maximum Gasteiger partial charge on any atom is 0.313 e. The minimum absolute atomic E-state index is 0.00919. The van der Waals surface area contributed by atoms with E-state index >= 15 is 0 Å². The molecule has 0 spiro atoms. The Balaban J connectivity index is 2.24. The van der Waals surface area contributed by atoms with Gasteiger partial charge < -0.3 is 9.64 Å². The molecule has 1 heterocycles. The largest absolute Gasteiger partial charge is 0.469 e. The van der Waals surface area contributed by atoms with Crippen molar-refractivity contribution in [2.45, 2.75) is 32.7 Å². The van der Waals surface area contributed by atoms with Crippen LogP contribution in [0.4, 0.5) is 0 Å². The number of carbonyl (C=O) groups is 2. The van der Waals surface area contributed by atoms with Crippen LogP contribution in [0, 0.1) is 5.41 Å². The second-order valence-electron chi connectivity index (χ2n) is 5.74. The Bertz CT molecular complexity index is 496. The van der Waals surface area contributed by atoms with Crippen molar-refractivity contribution in [3.8, 4) is 0 Å². The van der Waals surface area contributed by atoms with Crippen LogP contribution in [0.3, 0.4) is 0 Å². The van der Waals surface area contributed by atoms with Crippen molar-refractivity contribution in [1.82, 2.24) is 4.90 Å². The number of esters is 1. The standard InChI is InChI=1S/C16H21NO3/c1-16(2,15(19)20-3)13-10-7-11-17(13)14(18)12-8-5-4-6-9-12/h4-6,8-9,13H,7,10-11H2,1-3H3. The van der Waals surface area contributed by atoms with Gasteiger partial charge in [0.05, 0.1) is 12.5 Å². The van der Waals surface area contributed by atoms with Crippen LogP contribution in [-0.2, 0) is 9.53 Å². The Morgan fingerprint density at radius 2 is 1.90 bits per heavy atom. The van der Waals surface area contributed by atoms with E-state index in [1.165, 1.54) is 7.11 Å². The fourth-order valence-electron chi connectivity index (χ4n) is 2.91. The number of hydrogen-bond donors (Lipinski definition) is 0. The fourth-order valence-corrected chi connectivity index (χ4v) is 2.91. The molecule has 0 aromatic heterocycles. The van der Waals surface area contributed by atoms with Crippen LogP contribution in [-0.4, -0.2) is 36.5 Å². The molecule has 0 radical (unpaired) electrons. The van der Waals surface area contributed by atoms with Gasteiger partial charge in [0, 0.05) is 18.2 Å². The summed E-state index contributed by atoms with van der Waals surface area (Å²) in [5, 5.41) is 0. The molecule has 4 heteroatoms. The van der Waals surface area contributed by atoms with Crippen LogP contribution in [0.1, 0.15) is 37.0 Å². The Kier molecular flexibility index (Phi) is 4.12. The van der Waals surface area contributed by atoms with E-state index in [1.54, 1.807) is 0 Å². The second-order valence-corrected chi connectivity index (χ2v) is 5.74. The summed E-state index contributed by atoms with van der Waals surface area (Å²) in [5.74, 6) is -0.277. The van der Waals surface area contributed by atoms with Gasteiger partial charge in [-0.15, -0.1) is 0 Å². The number of benzene rings is 1. The Labute approximate surface area is 119 Å². The normalized spacial score (nSPS) is 18.9. The first-order valence-corrected chi connectivity index (χ1v) is 6.93. The molecule has 0 N–H and O–H groups in total. The van der Waals surface area contributed by atoms with Gasteiger partial charge >= 0.3 is 5.97 Å². The van der Waals surface area contributed by atoms with Gasteiger partial charge in [-0.05, 0) is 38.8 Å². The molecule has 0 saturated carbocycles. The molecule has 1 aromatic rings. The van der Waals surface area contributed by atoms with E-state index in [2.05, 4.69) is 0 Å². The molecule has 1 saturated heterocycles. The van der Waals surface area contributed by atoms with Gasteiger partial charge in [-0.3, -0.25) is 9.59 Å². The topological polar surface area (TPSA) is 46.6 Å². The van der Waals surface area contributed by atoms with E-state index < -0.39 is 5.41 Å². The third kappa shape index (κ3) is 2.55. The molecule has 1 aliphatic rings. The van der Waals surface area contributed by atoms with Gasteiger partial charge in [0.15, 0.2) is 0 Å². The van der Waals surface area contributed by atoms with Crippen LogP contribution in [0.15, 0.2) is 30.3 Å². The number of amides is 1. The van der Waals surface area contributed by atoms with Crippen molar-refractivity contribution in [3.05, 3.63) is 35.9 Å². The van der Waals surface area contributed by atoms with Crippen LogP contribution in [0.2, 0.25) is 0 Å². The molecule has 0 aliphatic carbocycles. The molecular weight excluding hydrogens is 254 g/mol.